The van der Waals surface area contributed by atoms with Gasteiger partial charge in [-0.2, -0.15) is 0 Å². The molecule has 0 saturated carbocycles. The first kappa shape index (κ1) is 51.4. The number of hydrogen-bond acceptors (Lipinski definition) is 16. The molecule has 0 aliphatic carbocycles. The molecule has 6 aromatic rings. The second-order valence-electron chi connectivity index (χ2n) is 18.8. The van der Waals surface area contributed by atoms with Crippen LogP contribution in [0.5, 0.6) is 17.4 Å². The van der Waals surface area contributed by atoms with Crippen LogP contribution in [0.3, 0.4) is 0 Å². The van der Waals surface area contributed by atoms with Crippen molar-refractivity contribution < 1.29 is 38.6 Å². The van der Waals surface area contributed by atoms with E-state index >= 15 is 0 Å². The lowest BCUT2D eigenvalue weighted by molar-refractivity contribution is -0.141. The number of thiazole rings is 1. The van der Waals surface area contributed by atoms with Crippen LogP contribution in [0.15, 0.2) is 95.0 Å². The number of para-hydroxylation sites is 1. The Morgan fingerprint density at radius 3 is 2.33 bits per heavy atom. The van der Waals surface area contributed by atoms with Crippen molar-refractivity contribution in [2.24, 2.45) is 5.92 Å². The van der Waals surface area contributed by atoms with Crippen LogP contribution in [-0.2, 0) is 27.3 Å². The van der Waals surface area contributed by atoms with E-state index in [2.05, 4.69) is 40.8 Å². The number of aromatic hydroxyl groups is 1. The van der Waals surface area contributed by atoms with E-state index in [-0.39, 0.29) is 60.1 Å². The number of benzene rings is 3. The van der Waals surface area contributed by atoms with Gasteiger partial charge in [-0.25, -0.2) is 4.98 Å². The smallest absolute Gasteiger partial charge is 0.254 e. The topological polar surface area (TPSA) is 235 Å². The Hall–Kier alpha value is -6.93. The van der Waals surface area contributed by atoms with Crippen molar-refractivity contribution in [3.8, 4) is 39.1 Å². The fraction of sp³-hybridized carbons (Fsp3) is 0.415. The van der Waals surface area contributed by atoms with Gasteiger partial charge in [0.05, 0.1) is 34.8 Å². The lowest BCUT2D eigenvalue weighted by atomic mass is 9.91. The van der Waals surface area contributed by atoms with Gasteiger partial charge >= 0.3 is 0 Å². The normalized spacial score (nSPS) is 17.2. The van der Waals surface area contributed by atoms with Gasteiger partial charge in [0.25, 0.3) is 5.88 Å². The molecule has 8 rings (SSSR count). The summed E-state index contributed by atoms with van der Waals surface area (Å²) in [6, 6.07) is 25.1. The van der Waals surface area contributed by atoms with Gasteiger partial charge in [-0.3, -0.25) is 19.3 Å². The number of β-amino-alcohol motifs (C(OH)–C–C–N with tert-alkyl or cyclic N) is 1. The third kappa shape index (κ3) is 13.1. The van der Waals surface area contributed by atoms with E-state index in [1.54, 1.807) is 47.7 Å². The number of rotatable bonds is 21. The van der Waals surface area contributed by atoms with Crippen LogP contribution < -0.4 is 25.8 Å². The first-order valence-electron chi connectivity index (χ1n) is 24.5. The number of nitrogen functional groups attached to an aromatic ring is 1. The summed E-state index contributed by atoms with van der Waals surface area (Å²) >= 11 is 1.58. The van der Waals surface area contributed by atoms with Crippen LogP contribution in [0, 0.1) is 12.8 Å². The summed E-state index contributed by atoms with van der Waals surface area (Å²) in [5.74, 6) is -0.268. The number of aryl methyl sites for hydroxylation is 1. The number of anilines is 1. The number of carbonyl (C=O) groups excluding carboxylic acids is 3. The zero-order chi connectivity index (χ0) is 50.7. The summed E-state index contributed by atoms with van der Waals surface area (Å²) in [5, 5.41) is 39.2. The van der Waals surface area contributed by atoms with Crippen molar-refractivity contribution in [2.75, 3.05) is 64.8 Å². The third-order valence-corrected chi connectivity index (χ3v) is 14.3. The van der Waals surface area contributed by atoms with Crippen LogP contribution in [0.25, 0.3) is 21.7 Å². The van der Waals surface area contributed by atoms with E-state index in [0.29, 0.717) is 68.5 Å². The third-order valence-electron chi connectivity index (χ3n) is 13.3. The van der Waals surface area contributed by atoms with Gasteiger partial charge in [-0.05, 0) is 59.3 Å². The number of amides is 3. The molecule has 19 heteroatoms. The van der Waals surface area contributed by atoms with Crippen molar-refractivity contribution in [2.45, 2.75) is 77.6 Å². The number of aliphatic hydroxyl groups is 1. The molecule has 0 spiro atoms. The van der Waals surface area contributed by atoms with Crippen LogP contribution in [-0.4, -0.2) is 134 Å². The quantitative estimate of drug-likeness (QED) is 0.0577. The van der Waals surface area contributed by atoms with Crippen LogP contribution in [0.1, 0.15) is 73.7 Å². The Morgan fingerprint density at radius 1 is 0.903 bits per heavy atom. The standard InChI is InChI=1S/C53H64N10O8S/c1-33(2)49(53(68)63-31-40(64)27-43(63)52(67)57-34(3)38-13-15-39(16-14-38)50-35(4)56-32-72-50)45-29-48(60-71-45)70-26-24-62-22-20-61(21-23-62)19-17-47(66)55-30-37-11-9-36(10-12-37)18-25-69-46-28-42(58-59-51(46)54)41-7-5-6-8-44(41)65/h5-16,28-29,32-34,40,43,49,64-65H,17-27,30-31H2,1-4H3,(H2,54,59)(H,55,66)(H,57,67)/t34-,40+,43-,49+/m0/s1. The number of aliphatic hydroxyl groups excluding tert-OH is 1. The summed E-state index contributed by atoms with van der Waals surface area (Å²) in [5.41, 5.74) is 13.9. The van der Waals surface area contributed by atoms with E-state index < -0.39 is 18.1 Å². The van der Waals surface area contributed by atoms with Crippen LogP contribution in [0.4, 0.5) is 5.82 Å². The minimum absolute atomic E-state index is 0.00219. The average molecular weight is 1000 g/mol. The van der Waals surface area contributed by atoms with E-state index in [4.69, 9.17) is 19.7 Å². The molecule has 0 unspecified atom stereocenters. The molecular weight excluding hydrogens is 937 g/mol. The first-order chi connectivity index (χ1) is 34.8. The summed E-state index contributed by atoms with van der Waals surface area (Å²) in [4.78, 5) is 52.2. The number of carbonyl (C=O) groups is 3. The van der Waals surface area contributed by atoms with Crippen LogP contribution in [0.2, 0.25) is 0 Å². The lowest BCUT2D eigenvalue weighted by Gasteiger charge is -2.34. The second kappa shape index (κ2) is 24.0. The van der Waals surface area contributed by atoms with Crippen molar-refractivity contribution in [1.82, 2.24) is 45.7 Å². The highest BCUT2D eigenvalue weighted by Crippen LogP contribution is 2.34. The lowest BCUT2D eigenvalue weighted by Crippen LogP contribution is -2.48. The second-order valence-corrected chi connectivity index (χ2v) is 19.6. The van der Waals surface area contributed by atoms with E-state index in [1.165, 1.54) is 4.90 Å². The molecule has 6 N–H and O–H groups in total. The first-order valence-corrected chi connectivity index (χ1v) is 25.4. The summed E-state index contributed by atoms with van der Waals surface area (Å²) in [6.07, 6.45) is 0.344. The number of nitrogens with two attached hydrogens (primary N) is 1. The molecule has 3 aromatic heterocycles. The highest BCUT2D eigenvalue weighted by Gasteiger charge is 2.43. The number of hydrogen-bond donors (Lipinski definition) is 5. The Balaban J connectivity index is 0.716. The van der Waals surface area contributed by atoms with E-state index in [0.717, 1.165) is 59.0 Å². The van der Waals surface area contributed by atoms with Gasteiger partial charge in [0.15, 0.2) is 17.3 Å². The molecule has 2 aliphatic rings. The molecule has 3 amide bonds. The molecule has 2 aliphatic heterocycles. The molecule has 3 aromatic carbocycles. The molecule has 2 saturated heterocycles. The molecule has 5 heterocycles. The van der Waals surface area contributed by atoms with Crippen molar-refractivity contribution >= 4 is 34.9 Å². The number of ether oxygens (including phenoxy) is 2. The van der Waals surface area contributed by atoms with E-state index in [1.807, 2.05) is 81.7 Å². The number of likely N-dealkylation sites (tertiary alicyclic amines) is 1. The molecule has 2 fully saturated rings. The predicted molar refractivity (Wildman–Crippen MR) is 273 cm³/mol. The summed E-state index contributed by atoms with van der Waals surface area (Å²) < 4.78 is 17.6. The Kier molecular flexibility index (Phi) is 17.1. The van der Waals surface area contributed by atoms with Gasteiger partial charge in [0.2, 0.25) is 17.7 Å². The molecule has 4 atom stereocenters. The zero-order valence-corrected chi connectivity index (χ0v) is 42.0. The largest absolute Gasteiger partial charge is 0.507 e. The van der Waals surface area contributed by atoms with Crippen LogP contribution >= 0.6 is 11.3 Å². The summed E-state index contributed by atoms with van der Waals surface area (Å²) in [7, 11) is 0. The number of phenolic OH excluding ortho intramolecular Hbond substituents is 1. The number of nitrogens with zero attached hydrogens (tertiary/aromatic N) is 7. The molecular formula is C53H64N10O8S. The van der Waals surface area contributed by atoms with Gasteiger partial charge < -0.3 is 50.4 Å². The van der Waals surface area contributed by atoms with Gasteiger partial charge in [-0.15, -0.1) is 21.5 Å². The Morgan fingerprint density at radius 2 is 1.62 bits per heavy atom. The van der Waals surface area contributed by atoms with Gasteiger partial charge in [0, 0.05) is 89.3 Å². The highest BCUT2D eigenvalue weighted by atomic mass is 32.1. The van der Waals surface area contributed by atoms with E-state index in [9.17, 15) is 24.6 Å². The fourth-order valence-corrected chi connectivity index (χ4v) is 9.90. The Labute approximate surface area is 423 Å². The maximum absolute atomic E-state index is 14.2. The Bertz CT molecular complexity index is 2760. The average Bonchev–Trinajstić information content (AvgIpc) is 4.14. The number of piperazine rings is 1. The molecule has 0 radical (unpaired) electrons. The maximum atomic E-state index is 14.2. The molecule has 72 heavy (non-hydrogen) atoms. The summed E-state index contributed by atoms with van der Waals surface area (Å²) in [6.45, 7) is 13.6. The van der Waals surface area contributed by atoms with Crippen molar-refractivity contribution in [1.29, 1.82) is 0 Å². The minimum atomic E-state index is -0.838. The molecule has 18 nitrogen and oxygen atoms in total. The maximum Gasteiger partial charge on any atom is 0.254 e. The fourth-order valence-electron chi connectivity index (χ4n) is 9.09. The number of aromatic nitrogens is 4. The highest BCUT2D eigenvalue weighted by molar-refractivity contribution is 7.13. The van der Waals surface area contributed by atoms with Crippen molar-refractivity contribution in [3.63, 3.8) is 0 Å². The number of nitrogens with one attached hydrogen (secondary N) is 2. The SMILES string of the molecule is Cc1ncsc1-c1ccc([C@H](C)NC(=O)[C@@H]2C[C@@H](O)CN2C(=O)[C@@H](c2cc(OCCN3CCN(CCC(=O)NCc4ccc(CCOc5cc(-c6ccccc6O)nnc5N)cc4)CC3)no2)C(C)C)cc1. The number of phenols is 1. The van der Waals surface area contributed by atoms with Gasteiger partial charge in [-0.1, -0.05) is 74.5 Å². The monoisotopic (exact) mass is 1000 g/mol. The molecule has 380 valence electrons. The molecule has 0 bridgehead atoms. The minimum Gasteiger partial charge on any atom is -0.507 e. The van der Waals surface area contributed by atoms with Gasteiger partial charge in [0.1, 0.15) is 30.0 Å². The predicted octanol–water partition coefficient (Wildman–Crippen LogP) is 5.75. The zero-order valence-electron chi connectivity index (χ0n) is 41.2. The van der Waals surface area contributed by atoms with Crippen molar-refractivity contribution in [3.05, 3.63) is 119 Å².